The van der Waals surface area contributed by atoms with Crippen LogP contribution in [0.2, 0.25) is 5.02 Å². The molecular weight excluding hydrogens is 474 g/mol. The predicted molar refractivity (Wildman–Crippen MR) is 128 cm³/mol. The molecule has 0 fully saturated rings. The summed E-state index contributed by atoms with van der Waals surface area (Å²) in [6.07, 6.45) is 1.32. The van der Waals surface area contributed by atoms with E-state index in [4.69, 9.17) is 11.6 Å². The lowest BCUT2D eigenvalue weighted by molar-refractivity contribution is 0.586. The molecule has 0 amide bonds. The first kappa shape index (κ1) is 24.2. The number of sulfone groups is 1. The molecule has 0 spiro atoms. The molecule has 0 saturated heterocycles. The van der Waals surface area contributed by atoms with Gasteiger partial charge in [-0.05, 0) is 57.5 Å². The van der Waals surface area contributed by atoms with Crippen molar-refractivity contribution in [2.45, 2.75) is 24.0 Å². The Bertz CT molecular complexity index is 1310. The average molecular weight is 497 g/mol. The Hall–Kier alpha value is -2.48. The molecule has 7 nitrogen and oxygen atoms in total. The number of hydrogen-bond acceptors (Lipinski definition) is 7. The van der Waals surface area contributed by atoms with E-state index >= 15 is 0 Å². The lowest BCUT2D eigenvalue weighted by Gasteiger charge is -2.15. The monoisotopic (exact) mass is 496 g/mol. The molecule has 0 saturated carbocycles. The van der Waals surface area contributed by atoms with E-state index in [0.29, 0.717) is 11.0 Å². The quantitative estimate of drug-likeness (QED) is 0.434. The Labute approximate surface area is 191 Å². The molecular formula is C21H23ClFN4O3PS. The fraction of sp³-hybridized carbons (Fsp3) is 0.238. The second-order valence-corrected chi connectivity index (χ2v) is 13.8. The molecule has 0 aliphatic heterocycles. The van der Waals surface area contributed by atoms with Crippen molar-refractivity contribution >= 4 is 57.0 Å². The molecule has 1 aromatic heterocycles. The van der Waals surface area contributed by atoms with E-state index in [1.54, 1.807) is 51.4 Å². The zero-order valence-electron chi connectivity index (χ0n) is 17.9. The van der Waals surface area contributed by atoms with Gasteiger partial charge in [0, 0.05) is 5.30 Å². The Kier molecular flexibility index (Phi) is 6.93. The molecule has 170 valence electrons. The number of nitrogens with zero attached hydrogens (tertiary/aromatic N) is 2. The fourth-order valence-corrected chi connectivity index (χ4v) is 4.97. The average Bonchev–Trinajstić information content (AvgIpc) is 2.71. The zero-order chi connectivity index (χ0) is 23.7. The zero-order valence-corrected chi connectivity index (χ0v) is 20.4. The van der Waals surface area contributed by atoms with E-state index in [-0.39, 0.29) is 27.4 Å². The summed E-state index contributed by atoms with van der Waals surface area (Å²) in [6.45, 7) is 6.32. The van der Waals surface area contributed by atoms with E-state index in [0.717, 1.165) is 0 Å². The van der Waals surface area contributed by atoms with Crippen LogP contribution in [0.1, 0.15) is 13.8 Å². The topological polar surface area (TPSA) is 101 Å². The van der Waals surface area contributed by atoms with Crippen LogP contribution in [0.25, 0.3) is 0 Å². The molecule has 0 unspecified atom stereocenters. The molecule has 3 rings (SSSR count). The van der Waals surface area contributed by atoms with E-state index in [1.165, 1.54) is 24.4 Å². The molecule has 3 aromatic rings. The maximum atomic E-state index is 14.5. The van der Waals surface area contributed by atoms with Gasteiger partial charge >= 0.3 is 0 Å². The van der Waals surface area contributed by atoms with Gasteiger partial charge in [0.2, 0.25) is 5.95 Å². The highest BCUT2D eigenvalue weighted by molar-refractivity contribution is 7.92. The number of nitrogens with one attached hydrogen (secondary N) is 2. The van der Waals surface area contributed by atoms with Crippen LogP contribution in [0, 0.1) is 5.82 Å². The molecule has 2 aromatic carbocycles. The SMILES string of the molecule is CC(C)S(=O)(=O)c1ccccc1Nc1nc(Nc2ccc(P(C)(C)=O)cc2F)ncc1Cl. The van der Waals surface area contributed by atoms with Crippen molar-refractivity contribution in [1.82, 2.24) is 9.97 Å². The highest BCUT2D eigenvalue weighted by Gasteiger charge is 2.23. The third kappa shape index (κ3) is 5.28. The van der Waals surface area contributed by atoms with Crippen LogP contribution in [0.15, 0.2) is 53.6 Å². The second kappa shape index (κ2) is 9.17. The number of anilines is 4. The van der Waals surface area contributed by atoms with Crippen LogP contribution in [-0.4, -0.2) is 37.0 Å². The third-order valence-electron chi connectivity index (χ3n) is 4.63. The largest absolute Gasteiger partial charge is 0.338 e. The first-order chi connectivity index (χ1) is 14.9. The summed E-state index contributed by atoms with van der Waals surface area (Å²) >= 11 is 6.21. The summed E-state index contributed by atoms with van der Waals surface area (Å²) in [4.78, 5) is 8.43. The van der Waals surface area contributed by atoms with Crippen LogP contribution >= 0.6 is 18.7 Å². The molecule has 0 bridgehead atoms. The number of para-hydroxylation sites is 1. The summed E-state index contributed by atoms with van der Waals surface area (Å²) in [5, 5.41) is 5.66. The smallest absolute Gasteiger partial charge is 0.229 e. The van der Waals surface area contributed by atoms with Gasteiger partial charge in [0.1, 0.15) is 18.0 Å². The van der Waals surface area contributed by atoms with Crippen LogP contribution < -0.4 is 15.9 Å². The Morgan fingerprint density at radius 3 is 2.38 bits per heavy atom. The summed E-state index contributed by atoms with van der Waals surface area (Å²) in [7, 11) is -6.16. The highest BCUT2D eigenvalue weighted by atomic mass is 35.5. The standard InChI is InChI=1S/C21H23ClFN4O3PS/c1-13(2)32(29,30)19-8-6-5-7-18(19)25-20-15(22)12-24-21(27-20)26-17-10-9-14(11-16(17)23)31(3,4)28/h5-13H,1-4H3,(H2,24,25,26,27). The van der Waals surface area contributed by atoms with Gasteiger partial charge in [0.25, 0.3) is 0 Å². The first-order valence-corrected chi connectivity index (χ1v) is 14.2. The Morgan fingerprint density at radius 2 is 1.75 bits per heavy atom. The van der Waals surface area contributed by atoms with E-state index in [1.807, 2.05) is 0 Å². The number of halogens is 2. The molecule has 1 heterocycles. The van der Waals surface area contributed by atoms with E-state index in [9.17, 15) is 17.4 Å². The van der Waals surface area contributed by atoms with Gasteiger partial charge in [-0.25, -0.2) is 17.8 Å². The van der Waals surface area contributed by atoms with Crippen LogP contribution in [0.5, 0.6) is 0 Å². The summed E-state index contributed by atoms with van der Waals surface area (Å²) in [5.41, 5.74) is 0.406. The highest BCUT2D eigenvalue weighted by Crippen LogP contribution is 2.36. The van der Waals surface area contributed by atoms with Crippen LogP contribution in [0.4, 0.5) is 27.5 Å². The predicted octanol–water partition coefficient (Wildman–Crippen LogP) is 5.19. The normalized spacial score (nSPS) is 12.1. The third-order valence-corrected chi connectivity index (χ3v) is 8.64. The van der Waals surface area contributed by atoms with E-state index < -0.39 is 28.0 Å². The van der Waals surface area contributed by atoms with Crippen LogP contribution in [-0.2, 0) is 14.4 Å². The Balaban J connectivity index is 1.93. The minimum absolute atomic E-state index is 0.0453. The van der Waals surface area contributed by atoms with Crippen molar-refractivity contribution in [3.63, 3.8) is 0 Å². The minimum atomic E-state index is -3.56. The van der Waals surface area contributed by atoms with Crippen molar-refractivity contribution in [2.24, 2.45) is 0 Å². The summed E-state index contributed by atoms with van der Waals surface area (Å²) < 4.78 is 52.0. The number of hydrogen-bond donors (Lipinski definition) is 2. The maximum Gasteiger partial charge on any atom is 0.229 e. The van der Waals surface area contributed by atoms with Crippen molar-refractivity contribution in [3.8, 4) is 0 Å². The van der Waals surface area contributed by atoms with Crippen molar-refractivity contribution in [2.75, 3.05) is 24.0 Å². The molecule has 11 heteroatoms. The summed E-state index contributed by atoms with van der Waals surface area (Å²) in [6, 6.07) is 10.7. The number of rotatable bonds is 7. The molecule has 0 aliphatic carbocycles. The van der Waals surface area contributed by atoms with E-state index in [2.05, 4.69) is 20.6 Å². The maximum absolute atomic E-state index is 14.5. The molecule has 2 N–H and O–H groups in total. The van der Waals surface area contributed by atoms with Crippen molar-refractivity contribution < 1.29 is 17.4 Å². The van der Waals surface area contributed by atoms with Gasteiger partial charge in [0.15, 0.2) is 15.7 Å². The molecule has 0 atom stereocenters. The number of benzene rings is 2. The molecule has 32 heavy (non-hydrogen) atoms. The van der Waals surface area contributed by atoms with Gasteiger partial charge < -0.3 is 15.2 Å². The van der Waals surface area contributed by atoms with Gasteiger partial charge in [-0.3, -0.25) is 0 Å². The number of aromatic nitrogens is 2. The molecule has 0 radical (unpaired) electrons. The van der Waals surface area contributed by atoms with Crippen molar-refractivity contribution in [3.05, 3.63) is 59.5 Å². The minimum Gasteiger partial charge on any atom is -0.338 e. The lowest BCUT2D eigenvalue weighted by Crippen LogP contribution is -2.15. The van der Waals surface area contributed by atoms with Gasteiger partial charge in [-0.2, -0.15) is 4.98 Å². The van der Waals surface area contributed by atoms with Gasteiger partial charge in [0.05, 0.1) is 27.7 Å². The molecule has 0 aliphatic rings. The fourth-order valence-electron chi connectivity index (χ4n) is 2.78. The van der Waals surface area contributed by atoms with Crippen LogP contribution in [0.3, 0.4) is 0 Å². The van der Waals surface area contributed by atoms with Crippen molar-refractivity contribution in [1.29, 1.82) is 0 Å². The summed E-state index contributed by atoms with van der Waals surface area (Å²) in [5.74, 6) is -0.406. The lowest BCUT2D eigenvalue weighted by atomic mass is 10.3. The van der Waals surface area contributed by atoms with Gasteiger partial charge in [-0.15, -0.1) is 0 Å². The van der Waals surface area contributed by atoms with Gasteiger partial charge in [-0.1, -0.05) is 23.7 Å². The first-order valence-electron chi connectivity index (χ1n) is 9.64. The Morgan fingerprint density at radius 1 is 1.06 bits per heavy atom. The second-order valence-electron chi connectivity index (χ2n) is 7.75.